The van der Waals surface area contributed by atoms with Crippen molar-refractivity contribution in [2.75, 3.05) is 13.6 Å². The van der Waals surface area contributed by atoms with Gasteiger partial charge >= 0.3 is 0 Å². The van der Waals surface area contributed by atoms with E-state index in [1.807, 2.05) is 7.05 Å². The molecular formula is C11H24N4. The third kappa shape index (κ3) is 4.83. The molecule has 0 aliphatic carbocycles. The molecule has 0 saturated carbocycles. The lowest BCUT2D eigenvalue weighted by atomic mass is 9.91. The molecule has 1 atom stereocenters. The summed E-state index contributed by atoms with van der Waals surface area (Å²) in [5.74, 6) is 0.327. The molecule has 15 heavy (non-hydrogen) atoms. The van der Waals surface area contributed by atoms with Gasteiger partial charge in [-0.05, 0) is 26.3 Å². The summed E-state index contributed by atoms with van der Waals surface area (Å²) in [6.07, 6.45) is 4.89. The zero-order valence-corrected chi connectivity index (χ0v) is 10.2. The van der Waals surface area contributed by atoms with Gasteiger partial charge in [0.2, 0.25) is 0 Å². The van der Waals surface area contributed by atoms with E-state index in [0.29, 0.717) is 12.4 Å². The number of nitrogens with two attached hydrogens (primary N) is 2. The van der Waals surface area contributed by atoms with E-state index in [1.54, 1.807) is 6.34 Å². The Morgan fingerprint density at radius 2 is 2.13 bits per heavy atom. The topological polar surface area (TPSA) is 67.6 Å². The highest BCUT2D eigenvalue weighted by Gasteiger charge is 2.25. The van der Waals surface area contributed by atoms with Gasteiger partial charge in [-0.3, -0.25) is 0 Å². The van der Waals surface area contributed by atoms with Crippen molar-refractivity contribution in [2.45, 2.75) is 38.6 Å². The van der Waals surface area contributed by atoms with Crippen molar-refractivity contribution in [3.8, 4) is 0 Å². The number of aliphatic imine (C=N–C) groups is 1. The highest BCUT2D eigenvalue weighted by molar-refractivity contribution is 5.57. The molecule has 0 amide bonds. The lowest BCUT2D eigenvalue weighted by Gasteiger charge is -2.37. The fourth-order valence-electron chi connectivity index (χ4n) is 1.63. The van der Waals surface area contributed by atoms with Gasteiger partial charge in [0.15, 0.2) is 0 Å². The summed E-state index contributed by atoms with van der Waals surface area (Å²) in [5.41, 5.74) is 11.1. The molecule has 4 N–H and O–H groups in total. The van der Waals surface area contributed by atoms with Crippen molar-refractivity contribution in [3.63, 3.8) is 0 Å². The van der Waals surface area contributed by atoms with Crippen molar-refractivity contribution in [3.05, 3.63) is 12.4 Å². The van der Waals surface area contributed by atoms with Crippen LogP contribution in [-0.4, -0.2) is 30.4 Å². The Labute approximate surface area is 93.0 Å². The molecule has 1 unspecified atom stereocenters. The maximum Gasteiger partial charge on any atom is 0.117 e. The van der Waals surface area contributed by atoms with Crippen LogP contribution in [0, 0.1) is 0 Å². The van der Waals surface area contributed by atoms with Crippen molar-refractivity contribution in [1.29, 1.82) is 0 Å². The Bertz CT molecular complexity index is 217. The minimum atomic E-state index is 0.0580. The Balaban J connectivity index is 4.53. The summed E-state index contributed by atoms with van der Waals surface area (Å²) < 4.78 is 0. The molecule has 0 aromatic rings. The smallest absolute Gasteiger partial charge is 0.117 e. The van der Waals surface area contributed by atoms with Crippen LogP contribution in [0.2, 0.25) is 0 Å². The first-order valence-corrected chi connectivity index (χ1v) is 5.38. The maximum atomic E-state index is 5.63. The minimum absolute atomic E-state index is 0.0580. The predicted octanol–water partition coefficient (Wildman–Crippen LogP) is 1.28. The van der Waals surface area contributed by atoms with Crippen molar-refractivity contribution >= 4 is 6.34 Å². The molecule has 0 rings (SSSR count). The van der Waals surface area contributed by atoms with Crippen LogP contribution in [0.5, 0.6) is 0 Å². The average Bonchev–Trinajstić information content (AvgIpc) is 2.14. The maximum absolute atomic E-state index is 5.63. The van der Waals surface area contributed by atoms with Gasteiger partial charge in [0.25, 0.3) is 0 Å². The Kier molecular flexibility index (Phi) is 6.01. The number of nitrogens with zero attached hydrogens (tertiary/aromatic N) is 2. The molecular weight excluding hydrogens is 188 g/mol. The van der Waals surface area contributed by atoms with Crippen LogP contribution in [0.1, 0.15) is 33.1 Å². The van der Waals surface area contributed by atoms with E-state index >= 15 is 0 Å². The van der Waals surface area contributed by atoms with Gasteiger partial charge in [0.1, 0.15) is 5.82 Å². The standard InChI is InChI=1S/C11H24N4/c1-5-6-11(3,7-8-12)15(4)9-14-10(2)13/h9H,2,5-8,12-13H2,1,3-4H3. The second-order valence-corrected chi connectivity index (χ2v) is 4.13. The monoisotopic (exact) mass is 212 g/mol. The summed E-state index contributed by atoms with van der Waals surface area (Å²) in [5, 5.41) is 0. The first kappa shape index (κ1) is 14.0. The van der Waals surface area contributed by atoms with Gasteiger partial charge in [-0.2, -0.15) is 0 Å². The van der Waals surface area contributed by atoms with Crippen molar-refractivity contribution < 1.29 is 0 Å². The van der Waals surface area contributed by atoms with Gasteiger partial charge in [-0.25, -0.2) is 4.99 Å². The van der Waals surface area contributed by atoms with E-state index in [-0.39, 0.29) is 5.54 Å². The SMILES string of the molecule is C=C(N)N=CN(C)C(C)(CCC)CCN. The molecule has 0 aliphatic rings. The van der Waals surface area contributed by atoms with Gasteiger partial charge in [0.05, 0.1) is 6.34 Å². The molecule has 88 valence electrons. The molecule has 0 heterocycles. The van der Waals surface area contributed by atoms with E-state index in [2.05, 4.69) is 30.3 Å². The molecule has 0 radical (unpaired) electrons. The first-order valence-electron chi connectivity index (χ1n) is 5.38. The Hall–Kier alpha value is -1.03. The summed E-state index contributed by atoms with van der Waals surface area (Å²) in [6.45, 7) is 8.57. The van der Waals surface area contributed by atoms with Crippen LogP contribution in [-0.2, 0) is 0 Å². The zero-order valence-electron chi connectivity index (χ0n) is 10.2. The largest absolute Gasteiger partial charge is 0.384 e. The summed E-state index contributed by atoms with van der Waals surface area (Å²) in [6, 6.07) is 0. The highest BCUT2D eigenvalue weighted by Crippen LogP contribution is 2.22. The lowest BCUT2D eigenvalue weighted by Crippen LogP contribution is -2.44. The Morgan fingerprint density at radius 3 is 2.53 bits per heavy atom. The van der Waals surface area contributed by atoms with Gasteiger partial charge in [-0.15, -0.1) is 0 Å². The normalized spacial score (nSPS) is 15.2. The predicted molar refractivity (Wildman–Crippen MR) is 66.6 cm³/mol. The van der Waals surface area contributed by atoms with E-state index in [9.17, 15) is 0 Å². The fourth-order valence-corrected chi connectivity index (χ4v) is 1.63. The lowest BCUT2D eigenvalue weighted by molar-refractivity contribution is 0.204. The zero-order chi connectivity index (χ0) is 11.9. The van der Waals surface area contributed by atoms with E-state index in [4.69, 9.17) is 11.5 Å². The molecule has 0 aromatic heterocycles. The number of hydrogen-bond acceptors (Lipinski definition) is 3. The van der Waals surface area contributed by atoms with Crippen LogP contribution in [0.25, 0.3) is 0 Å². The van der Waals surface area contributed by atoms with Crippen LogP contribution >= 0.6 is 0 Å². The molecule has 0 fully saturated rings. The number of hydrogen-bond donors (Lipinski definition) is 2. The number of rotatable bonds is 7. The molecule has 0 aromatic carbocycles. The quantitative estimate of drug-likeness (QED) is 0.493. The molecule has 4 nitrogen and oxygen atoms in total. The van der Waals surface area contributed by atoms with Crippen LogP contribution < -0.4 is 11.5 Å². The van der Waals surface area contributed by atoms with Gasteiger partial charge < -0.3 is 16.4 Å². The van der Waals surface area contributed by atoms with Crippen molar-refractivity contribution in [2.24, 2.45) is 16.5 Å². The molecule has 0 saturated heterocycles. The second kappa shape index (κ2) is 6.45. The van der Waals surface area contributed by atoms with Crippen molar-refractivity contribution in [1.82, 2.24) is 4.90 Å². The third-order valence-electron chi connectivity index (χ3n) is 2.72. The van der Waals surface area contributed by atoms with Crippen LogP contribution in [0.3, 0.4) is 0 Å². The molecule has 0 spiro atoms. The van der Waals surface area contributed by atoms with Crippen LogP contribution in [0.4, 0.5) is 0 Å². The van der Waals surface area contributed by atoms with Gasteiger partial charge in [-0.1, -0.05) is 19.9 Å². The fraction of sp³-hybridized carbons (Fsp3) is 0.727. The minimum Gasteiger partial charge on any atom is -0.384 e. The summed E-state index contributed by atoms with van der Waals surface area (Å²) in [7, 11) is 2.00. The molecule has 0 bridgehead atoms. The summed E-state index contributed by atoms with van der Waals surface area (Å²) >= 11 is 0. The second-order valence-electron chi connectivity index (χ2n) is 4.13. The third-order valence-corrected chi connectivity index (χ3v) is 2.72. The molecule has 4 heteroatoms. The highest BCUT2D eigenvalue weighted by atomic mass is 15.2. The van der Waals surface area contributed by atoms with Crippen LogP contribution in [0.15, 0.2) is 17.4 Å². The van der Waals surface area contributed by atoms with E-state index in [1.165, 1.54) is 0 Å². The average molecular weight is 212 g/mol. The Morgan fingerprint density at radius 1 is 1.53 bits per heavy atom. The summed E-state index contributed by atoms with van der Waals surface area (Å²) in [4.78, 5) is 6.07. The first-order chi connectivity index (χ1) is 6.96. The van der Waals surface area contributed by atoms with E-state index < -0.39 is 0 Å². The van der Waals surface area contributed by atoms with Gasteiger partial charge in [0, 0.05) is 12.6 Å². The molecule has 0 aliphatic heterocycles. The van der Waals surface area contributed by atoms with E-state index in [0.717, 1.165) is 19.3 Å².